The average molecular weight is 166 g/mol. The molecule has 0 unspecified atom stereocenters. The highest BCUT2D eigenvalue weighted by atomic mass is 14.0. The molecule has 1 heteroatoms. The van der Waals surface area contributed by atoms with Crippen molar-refractivity contribution in [2.75, 3.05) is 0 Å². The number of hydrogen-bond donors (Lipinski definition) is 0. The van der Waals surface area contributed by atoms with Crippen molar-refractivity contribution in [2.24, 2.45) is 0 Å². The van der Waals surface area contributed by atoms with E-state index in [0.717, 1.165) is 11.9 Å². The molecule has 2 aromatic carbocycles. The fourth-order valence-electron chi connectivity index (χ4n) is 1.53. The van der Waals surface area contributed by atoms with E-state index >= 15 is 0 Å². The van der Waals surface area contributed by atoms with Gasteiger partial charge in [0.25, 0.3) is 0 Å². The minimum absolute atomic E-state index is 0.834. The van der Waals surface area contributed by atoms with Gasteiger partial charge in [0.05, 0.1) is 0 Å². The summed E-state index contributed by atoms with van der Waals surface area (Å²) in [6, 6.07) is 12.5. The normalized spacial score (nSPS) is 10.5. The lowest BCUT2D eigenvalue weighted by atomic mass is 9.93. The van der Waals surface area contributed by atoms with Crippen LogP contribution in [0.1, 0.15) is 12.5 Å². The average Bonchev–Trinajstić information content (AvgIpc) is 2.16. The van der Waals surface area contributed by atoms with E-state index in [2.05, 4.69) is 31.2 Å². The molecule has 2 radical (unpaired) electrons. The smallest absolute Gasteiger partial charge is 0.0960 e. The molecule has 0 aromatic heterocycles. The van der Waals surface area contributed by atoms with Crippen LogP contribution >= 0.6 is 0 Å². The van der Waals surface area contributed by atoms with Gasteiger partial charge >= 0.3 is 0 Å². The topological polar surface area (TPSA) is 0 Å². The Labute approximate surface area is 80.0 Å². The van der Waals surface area contributed by atoms with Crippen molar-refractivity contribution in [2.45, 2.75) is 13.3 Å². The maximum absolute atomic E-state index is 5.72. The van der Waals surface area contributed by atoms with Crippen LogP contribution in [-0.2, 0) is 6.42 Å². The molecular formula is C12H11B. The first kappa shape index (κ1) is 8.37. The largest absolute Gasteiger partial charge is 0.113 e. The van der Waals surface area contributed by atoms with Crippen LogP contribution in [0.25, 0.3) is 10.8 Å². The highest BCUT2D eigenvalue weighted by Crippen LogP contribution is 2.14. The standard InChI is InChI=1S/C12H11B/c1-2-9-3-4-10-5-6-12(13)8-11(10)7-9/h3-8H,2H2,1H3. The summed E-state index contributed by atoms with van der Waals surface area (Å²) in [6.45, 7) is 2.16. The monoisotopic (exact) mass is 166 g/mol. The third kappa shape index (κ3) is 1.60. The van der Waals surface area contributed by atoms with Crippen molar-refractivity contribution >= 4 is 24.1 Å². The molecular weight excluding hydrogens is 155 g/mol. The number of benzene rings is 2. The molecule has 0 nitrogen and oxygen atoms in total. The lowest BCUT2D eigenvalue weighted by molar-refractivity contribution is 1.15. The van der Waals surface area contributed by atoms with E-state index in [0.29, 0.717) is 0 Å². The van der Waals surface area contributed by atoms with E-state index in [1.54, 1.807) is 0 Å². The van der Waals surface area contributed by atoms with Crippen molar-refractivity contribution in [1.82, 2.24) is 0 Å². The molecule has 0 atom stereocenters. The first-order valence-electron chi connectivity index (χ1n) is 4.58. The zero-order valence-corrected chi connectivity index (χ0v) is 7.75. The first-order chi connectivity index (χ1) is 6.29. The van der Waals surface area contributed by atoms with E-state index in [9.17, 15) is 0 Å². The molecule has 13 heavy (non-hydrogen) atoms. The van der Waals surface area contributed by atoms with Gasteiger partial charge in [-0.25, -0.2) is 0 Å². The molecule has 0 aliphatic rings. The first-order valence-corrected chi connectivity index (χ1v) is 4.58. The van der Waals surface area contributed by atoms with Crippen LogP contribution in [0.15, 0.2) is 36.4 Å². The summed E-state index contributed by atoms with van der Waals surface area (Å²) < 4.78 is 0. The highest BCUT2D eigenvalue weighted by Gasteiger charge is 1.94. The second kappa shape index (κ2) is 3.25. The summed E-state index contributed by atoms with van der Waals surface area (Å²) in [5, 5.41) is 2.49. The van der Waals surface area contributed by atoms with Gasteiger partial charge in [0, 0.05) is 0 Å². The fourth-order valence-corrected chi connectivity index (χ4v) is 1.53. The summed E-state index contributed by atoms with van der Waals surface area (Å²) in [6.07, 6.45) is 1.07. The van der Waals surface area contributed by atoms with Crippen molar-refractivity contribution in [3.05, 3.63) is 42.0 Å². The Bertz CT molecular complexity index is 432. The third-order valence-corrected chi connectivity index (χ3v) is 2.34. The van der Waals surface area contributed by atoms with E-state index in [1.807, 2.05) is 12.1 Å². The quantitative estimate of drug-likeness (QED) is 0.569. The van der Waals surface area contributed by atoms with Crippen LogP contribution in [-0.4, -0.2) is 7.85 Å². The van der Waals surface area contributed by atoms with Crippen LogP contribution in [0.5, 0.6) is 0 Å². The Kier molecular flexibility index (Phi) is 2.09. The lowest BCUT2D eigenvalue weighted by Gasteiger charge is -2.02. The summed E-state index contributed by atoms with van der Waals surface area (Å²) in [5.41, 5.74) is 2.19. The Morgan fingerprint density at radius 2 is 1.77 bits per heavy atom. The van der Waals surface area contributed by atoms with Gasteiger partial charge in [-0.3, -0.25) is 0 Å². The van der Waals surface area contributed by atoms with Crippen molar-refractivity contribution in [3.63, 3.8) is 0 Å². The van der Waals surface area contributed by atoms with Gasteiger partial charge < -0.3 is 0 Å². The maximum atomic E-state index is 5.72. The molecule has 2 aromatic rings. The molecule has 0 saturated heterocycles. The molecule has 62 valence electrons. The van der Waals surface area contributed by atoms with Crippen LogP contribution < -0.4 is 5.46 Å². The van der Waals surface area contributed by atoms with Crippen LogP contribution in [0.3, 0.4) is 0 Å². The van der Waals surface area contributed by atoms with Gasteiger partial charge in [-0.2, -0.15) is 0 Å². The molecule has 0 spiro atoms. The van der Waals surface area contributed by atoms with E-state index < -0.39 is 0 Å². The fraction of sp³-hybridized carbons (Fsp3) is 0.167. The number of rotatable bonds is 1. The molecule has 0 amide bonds. The SMILES string of the molecule is [B]c1ccc2ccc(CC)cc2c1. The van der Waals surface area contributed by atoms with Gasteiger partial charge in [-0.1, -0.05) is 48.8 Å². The molecule has 0 aliphatic heterocycles. The van der Waals surface area contributed by atoms with E-state index in [4.69, 9.17) is 7.85 Å². The Morgan fingerprint density at radius 1 is 1.00 bits per heavy atom. The lowest BCUT2D eigenvalue weighted by Crippen LogP contribution is -1.99. The van der Waals surface area contributed by atoms with Gasteiger partial charge in [-0.15, -0.1) is 0 Å². The maximum Gasteiger partial charge on any atom is 0.113 e. The zero-order chi connectivity index (χ0) is 9.26. The summed E-state index contributed by atoms with van der Waals surface area (Å²) in [4.78, 5) is 0. The predicted octanol–water partition coefficient (Wildman–Crippen LogP) is 2.20. The molecule has 0 aliphatic carbocycles. The second-order valence-electron chi connectivity index (χ2n) is 3.29. The third-order valence-electron chi connectivity index (χ3n) is 2.34. The number of hydrogen-bond acceptors (Lipinski definition) is 0. The van der Waals surface area contributed by atoms with Gasteiger partial charge in [0.15, 0.2) is 0 Å². The highest BCUT2D eigenvalue weighted by molar-refractivity contribution is 6.33. The summed E-state index contributed by atoms with van der Waals surface area (Å²) >= 11 is 0. The van der Waals surface area contributed by atoms with Gasteiger partial charge in [0.1, 0.15) is 7.85 Å². The van der Waals surface area contributed by atoms with Gasteiger partial charge in [0.2, 0.25) is 0 Å². The van der Waals surface area contributed by atoms with Crippen LogP contribution in [0.4, 0.5) is 0 Å². The second-order valence-corrected chi connectivity index (χ2v) is 3.29. The van der Waals surface area contributed by atoms with Crippen LogP contribution in [0, 0.1) is 0 Å². The molecule has 0 N–H and O–H groups in total. The van der Waals surface area contributed by atoms with E-state index in [1.165, 1.54) is 16.3 Å². The van der Waals surface area contributed by atoms with Crippen molar-refractivity contribution < 1.29 is 0 Å². The Morgan fingerprint density at radius 3 is 2.54 bits per heavy atom. The van der Waals surface area contributed by atoms with Crippen molar-refractivity contribution in [3.8, 4) is 0 Å². The number of fused-ring (bicyclic) bond motifs is 1. The predicted molar refractivity (Wildman–Crippen MR) is 58.7 cm³/mol. The minimum atomic E-state index is 0.834. The molecule has 0 saturated carbocycles. The van der Waals surface area contributed by atoms with Crippen molar-refractivity contribution in [1.29, 1.82) is 0 Å². The summed E-state index contributed by atoms with van der Waals surface area (Å²) in [5.74, 6) is 0. The molecule has 2 rings (SSSR count). The molecule has 0 fully saturated rings. The molecule has 0 bridgehead atoms. The van der Waals surface area contributed by atoms with Gasteiger partial charge in [-0.05, 0) is 22.8 Å². The van der Waals surface area contributed by atoms with E-state index in [-0.39, 0.29) is 0 Å². The Balaban J connectivity index is 2.68. The summed E-state index contributed by atoms with van der Waals surface area (Å²) in [7, 11) is 5.72. The van der Waals surface area contributed by atoms with Crippen LogP contribution in [0.2, 0.25) is 0 Å². The number of aryl methyl sites for hydroxylation is 1. The zero-order valence-electron chi connectivity index (χ0n) is 7.75. The minimum Gasteiger partial charge on any atom is -0.0960 e. The Hall–Kier alpha value is -1.24. The molecule has 0 heterocycles.